The van der Waals surface area contributed by atoms with Crippen LogP contribution in [0.1, 0.15) is 54.8 Å². The quantitative estimate of drug-likeness (QED) is 0.666. The van der Waals surface area contributed by atoms with E-state index in [1.165, 1.54) is 4.90 Å². The van der Waals surface area contributed by atoms with Gasteiger partial charge in [-0.25, -0.2) is 4.79 Å². The number of carbonyl (C=O) groups excluding carboxylic acids is 3. The van der Waals surface area contributed by atoms with Crippen LogP contribution >= 0.6 is 0 Å². The number of benzene rings is 1. The number of rotatable bonds is 5. The van der Waals surface area contributed by atoms with Crippen molar-refractivity contribution in [3.8, 4) is 0 Å². The van der Waals surface area contributed by atoms with Crippen molar-refractivity contribution in [1.29, 1.82) is 0 Å². The van der Waals surface area contributed by atoms with E-state index >= 15 is 0 Å². The number of nitrogens with one attached hydrogen (secondary N) is 1. The minimum absolute atomic E-state index is 0.132. The minimum atomic E-state index is -0.258. The van der Waals surface area contributed by atoms with Crippen molar-refractivity contribution in [1.82, 2.24) is 15.1 Å². The number of urea groups is 1. The fourth-order valence-corrected chi connectivity index (χ4v) is 2.89. The van der Waals surface area contributed by atoms with Crippen LogP contribution < -0.4 is 5.32 Å². The van der Waals surface area contributed by atoms with Gasteiger partial charge < -0.3 is 10.2 Å². The van der Waals surface area contributed by atoms with E-state index in [9.17, 15) is 14.4 Å². The summed E-state index contributed by atoms with van der Waals surface area (Å²) < 4.78 is 0. The van der Waals surface area contributed by atoms with Crippen molar-refractivity contribution in [2.45, 2.75) is 39.7 Å². The molecule has 0 atom stereocenters. The predicted molar refractivity (Wildman–Crippen MR) is 92.0 cm³/mol. The standard InChI is InChI=1S/C18H25N3O3/c1-5-21(18(2,3)4)17(24)19-11-8-12-20-15(22)13-9-6-7-10-14(13)16(20)23/h6-7,9-10H,5,8,11-12H2,1-4H3,(H,19,24). The Labute approximate surface area is 142 Å². The molecule has 0 saturated heterocycles. The largest absolute Gasteiger partial charge is 0.338 e. The van der Waals surface area contributed by atoms with Gasteiger partial charge in [0.25, 0.3) is 11.8 Å². The van der Waals surface area contributed by atoms with Crippen LogP contribution in [0.2, 0.25) is 0 Å². The van der Waals surface area contributed by atoms with Gasteiger partial charge in [-0.3, -0.25) is 14.5 Å². The first-order valence-corrected chi connectivity index (χ1v) is 8.28. The van der Waals surface area contributed by atoms with E-state index in [1.807, 2.05) is 27.7 Å². The third-order valence-electron chi connectivity index (χ3n) is 4.08. The van der Waals surface area contributed by atoms with Crippen LogP contribution in [0, 0.1) is 0 Å². The average molecular weight is 331 g/mol. The van der Waals surface area contributed by atoms with Gasteiger partial charge in [0.2, 0.25) is 0 Å². The Balaban J connectivity index is 1.85. The van der Waals surface area contributed by atoms with Crippen molar-refractivity contribution in [2.24, 2.45) is 0 Å². The summed E-state index contributed by atoms with van der Waals surface area (Å²) in [6.07, 6.45) is 0.527. The zero-order valence-electron chi connectivity index (χ0n) is 14.8. The molecule has 0 spiro atoms. The molecular formula is C18H25N3O3. The molecule has 1 aromatic carbocycles. The Morgan fingerprint density at radius 3 is 2.12 bits per heavy atom. The van der Waals surface area contributed by atoms with Gasteiger partial charge in [-0.2, -0.15) is 0 Å². The molecule has 0 unspecified atom stereocenters. The smallest absolute Gasteiger partial charge is 0.317 e. The minimum Gasteiger partial charge on any atom is -0.338 e. The first kappa shape index (κ1) is 18.0. The molecular weight excluding hydrogens is 306 g/mol. The van der Waals surface area contributed by atoms with Gasteiger partial charge in [0, 0.05) is 25.2 Å². The molecule has 0 aromatic heterocycles. The number of nitrogens with zero attached hydrogens (tertiary/aromatic N) is 2. The molecule has 1 heterocycles. The number of hydrogen-bond donors (Lipinski definition) is 1. The third-order valence-corrected chi connectivity index (χ3v) is 4.08. The van der Waals surface area contributed by atoms with Gasteiger partial charge >= 0.3 is 6.03 Å². The lowest BCUT2D eigenvalue weighted by Gasteiger charge is -2.34. The molecule has 24 heavy (non-hydrogen) atoms. The van der Waals surface area contributed by atoms with Crippen molar-refractivity contribution in [3.05, 3.63) is 35.4 Å². The maximum absolute atomic E-state index is 12.2. The summed E-state index contributed by atoms with van der Waals surface area (Å²) in [5.41, 5.74) is 0.661. The second-order valence-corrected chi connectivity index (χ2v) is 6.81. The first-order chi connectivity index (χ1) is 11.3. The number of hydrogen-bond acceptors (Lipinski definition) is 3. The van der Waals surface area contributed by atoms with Crippen LogP contribution in [0.25, 0.3) is 0 Å². The number of fused-ring (bicyclic) bond motifs is 1. The van der Waals surface area contributed by atoms with E-state index in [4.69, 9.17) is 0 Å². The van der Waals surface area contributed by atoms with Crippen LogP contribution in [0.3, 0.4) is 0 Å². The molecule has 4 amide bonds. The molecule has 130 valence electrons. The first-order valence-electron chi connectivity index (χ1n) is 8.28. The molecule has 0 saturated carbocycles. The van der Waals surface area contributed by atoms with Gasteiger partial charge in [0.15, 0.2) is 0 Å². The fourth-order valence-electron chi connectivity index (χ4n) is 2.89. The Morgan fingerprint density at radius 1 is 1.12 bits per heavy atom. The highest BCUT2D eigenvalue weighted by atomic mass is 16.2. The summed E-state index contributed by atoms with van der Waals surface area (Å²) in [5, 5.41) is 2.85. The average Bonchev–Trinajstić information content (AvgIpc) is 2.76. The SMILES string of the molecule is CCN(C(=O)NCCCN1C(=O)c2ccccc2C1=O)C(C)(C)C. The lowest BCUT2D eigenvalue weighted by Crippen LogP contribution is -2.50. The molecule has 1 aromatic rings. The van der Waals surface area contributed by atoms with Gasteiger partial charge in [-0.1, -0.05) is 12.1 Å². The molecule has 6 nitrogen and oxygen atoms in total. The summed E-state index contributed by atoms with van der Waals surface area (Å²) >= 11 is 0. The summed E-state index contributed by atoms with van der Waals surface area (Å²) in [5.74, 6) is -0.515. The van der Waals surface area contributed by atoms with E-state index in [1.54, 1.807) is 29.2 Å². The Kier molecular flexibility index (Phi) is 5.26. The van der Waals surface area contributed by atoms with E-state index in [-0.39, 0.29) is 23.4 Å². The molecule has 0 bridgehead atoms. The molecule has 0 aliphatic carbocycles. The highest BCUT2D eigenvalue weighted by molar-refractivity contribution is 6.21. The van der Waals surface area contributed by atoms with Gasteiger partial charge in [0.05, 0.1) is 11.1 Å². The van der Waals surface area contributed by atoms with Crippen LogP contribution in [0.5, 0.6) is 0 Å². The highest BCUT2D eigenvalue weighted by Crippen LogP contribution is 2.22. The monoisotopic (exact) mass is 331 g/mol. The van der Waals surface area contributed by atoms with E-state index in [0.29, 0.717) is 37.2 Å². The number of carbonyl (C=O) groups is 3. The molecule has 0 radical (unpaired) electrons. The Bertz CT molecular complexity index is 614. The van der Waals surface area contributed by atoms with E-state index < -0.39 is 0 Å². The normalized spacial score (nSPS) is 13.9. The van der Waals surface area contributed by atoms with Gasteiger partial charge in [-0.15, -0.1) is 0 Å². The summed E-state index contributed by atoms with van der Waals surface area (Å²) in [4.78, 5) is 39.6. The van der Waals surface area contributed by atoms with Crippen LogP contribution in [-0.4, -0.2) is 52.8 Å². The topological polar surface area (TPSA) is 69.7 Å². The molecule has 6 heteroatoms. The lowest BCUT2D eigenvalue weighted by atomic mass is 10.1. The molecule has 1 aliphatic heterocycles. The summed E-state index contributed by atoms with van der Waals surface area (Å²) in [7, 11) is 0. The second-order valence-electron chi connectivity index (χ2n) is 6.81. The molecule has 1 N–H and O–H groups in total. The van der Waals surface area contributed by atoms with Crippen LogP contribution in [0.15, 0.2) is 24.3 Å². The van der Waals surface area contributed by atoms with E-state index in [2.05, 4.69) is 5.32 Å². The fraction of sp³-hybridized carbons (Fsp3) is 0.500. The van der Waals surface area contributed by atoms with Crippen LogP contribution in [-0.2, 0) is 0 Å². The lowest BCUT2D eigenvalue weighted by molar-refractivity contribution is 0.0653. The molecule has 0 fully saturated rings. The van der Waals surface area contributed by atoms with Crippen molar-refractivity contribution in [3.63, 3.8) is 0 Å². The molecule has 2 rings (SSSR count). The summed E-state index contributed by atoms with van der Waals surface area (Å²) in [6.45, 7) is 9.21. The Hall–Kier alpha value is -2.37. The number of imide groups is 1. The highest BCUT2D eigenvalue weighted by Gasteiger charge is 2.34. The Morgan fingerprint density at radius 2 is 1.67 bits per heavy atom. The second kappa shape index (κ2) is 7.03. The van der Waals surface area contributed by atoms with Gasteiger partial charge in [-0.05, 0) is 46.2 Å². The molecule has 1 aliphatic rings. The van der Waals surface area contributed by atoms with Crippen molar-refractivity contribution in [2.75, 3.05) is 19.6 Å². The van der Waals surface area contributed by atoms with Crippen molar-refractivity contribution < 1.29 is 14.4 Å². The number of amides is 4. The third kappa shape index (κ3) is 3.58. The van der Waals surface area contributed by atoms with Crippen molar-refractivity contribution >= 4 is 17.8 Å². The maximum atomic E-state index is 12.2. The zero-order valence-corrected chi connectivity index (χ0v) is 14.8. The summed E-state index contributed by atoms with van der Waals surface area (Å²) in [6, 6.07) is 6.70. The van der Waals surface area contributed by atoms with Crippen LogP contribution in [0.4, 0.5) is 4.79 Å². The zero-order chi connectivity index (χ0) is 17.9. The predicted octanol–water partition coefficient (Wildman–Crippen LogP) is 2.50. The van der Waals surface area contributed by atoms with E-state index in [0.717, 1.165) is 0 Å². The maximum Gasteiger partial charge on any atom is 0.317 e. The van der Waals surface area contributed by atoms with Gasteiger partial charge in [0.1, 0.15) is 0 Å².